The van der Waals surface area contributed by atoms with Gasteiger partial charge in [-0.15, -0.1) is 0 Å². The minimum absolute atomic E-state index is 0.00953. The molecule has 1 fully saturated rings. The lowest BCUT2D eigenvalue weighted by Crippen LogP contribution is -2.37. The second kappa shape index (κ2) is 9.47. The van der Waals surface area contributed by atoms with Crippen molar-refractivity contribution in [2.45, 2.75) is 6.42 Å². The highest BCUT2D eigenvalue weighted by atomic mass is 16.5. The zero-order chi connectivity index (χ0) is 21.6. The summed E-state index contributed by atoms with van der Waals surface area (Å²) in [7, 11) is 1.59. The molecule has 158 valence electrons. The van der Waals surface area contributed by atoms with E-state index in [1.807, 2.05) is 64.4 Å². The fourth-order valence-corrected chi connectivity index (χ4v) is 3.88. The fraction of sp³-hybridized carbons (Fsp3) is 0.231. The van der Waals surface area contributed by atoms with Crippen molar-refractivity contribution in [2.75, 3.05) is 33.3 Å². The number of carbonyl (C=O) groups excluding carboxylic acids is 2. The highest BCUT2D eigenvalue weighted by Gasteiger charge is 2.23. The standard InChI is InChI=1S/C26H26N2O3/c1-31-24-10-5-9-23(19-24)26(30)28-16-6-15-27(17-18-28)25(29)22-13-11-21(12-14-22)20-7-3-2-4-8-20/h2-5,7-14,19H,6,15-18H2,1H3. The summed E-state index contributed by atoms with van der Waals surface area (Å²) in [6.07, 6.45) is 0.754. The average molecular weight is 415 g/mol. The van der Waals surface area contributed by atoms with Crippen molar-refractivity contribution in [3.8, 4) is 16.9 Å². The zero-order valence-corrected chi connectivity index (χ0v) is 17.7. The van der Waals surface area contributed by atoms with Crippen LogP contribution in [0.2, 0.25) is 0 Å². The average Bonchev–Trinajstić information content (AvgIpc) is 3.10. The van der Waals surface area contributed by atoms with E-state index in [-0.39, 0.29) is 11.8 Å². The van der Waals surface area contributed by atoms with Gasteiger partial charge >= 0.3 is 0 Å². The highest BCUT2D eigenvalue weighted by molar-refractivity contribution is 5.96. The third kappa shape index (κ3) is 4.77. The molecule has 31 heavy (non-hydrogen) atoms. The number of ether oxygens (including phenoxy) is 1. The van der Waals surface area contributed by atoms with Crippen molar-refractivity contribution in [1.82, 2.24) is 9.80 Å². The summed E-state index contributed by atoms with van der Waals surface area (Å²) in [5, 5.41) is 0. The van der Waals surface area contributed by atoms with Gasteiger partial charge in [0.05, 0.1) is 7.11 Å². The van der Waals surface area contributed by atoms with Crippen LogP contribution in [-0.2, 0) is 0 Å². The van der Waals surface area contributed by atoms with Gasteiger partial charge in [0.25, 0.3) is 11.8 Å². The number of methoxy groups -OCH3 is 1. The van der Waals surface area contributed by atoms with Crippen LogP contribution in [0.3, 0.4) is 0 Å². The molecule has 0 unspecified atom stereocenters. The first kappa shape index (κ1) is 20.7. The van der Waals surface area contributed by atoms with E-state index in [9.17, 15) is 9.59 Å². The topological polar surface area (TPSA) is 49.9 Å². The number of benzene rings is 3. The molecule has 1 heterocycles. The Bertz CT molecular complexity index is 1050. The summed E-state index contributed by atoms with van der Waals surface area (Å²) < 4.78 is 5.23. The normalized spacial score (nSPS) is 14.1. The molecule has 1 aliphatic heterocycles. The molecule has 0 aliphatic carbocycles. The summed E-state index contributed by atoms with van der Waals surface area (Å²) >= 11 is 0. The van der Waals surface area contributed by atoms with Crippen LogP contribution in [0.5, 0.6) is 5.75 Å². The van der Waals surface area contributed by atoms with Gasteiger partial charge in [-0.1, -0.05) is 48.5 Å². The maximum atomic E-state index is 13.0. The fourth-order valence-electron chi connectivity index (χ4n) is 3.88. The van der Waals surface area contributed by atoms with Crippen LogP contribution in [0.15, 0.2) is 78.9 Å². The third-order valence-corrected chi connectivity index (χ3v) is 5.63. The van der Waals surface area contributed by atoms with Gasteiger partial charge < -0.3 is 14.5 Å². The monoisotopic (exact) mass is 414 g/mol. The van der Waals surface area contributed by atoms with Crippen molar-refractivity contribution < 1.29 is 14.3 Å². The molecule has 1 aliphatic rings. The minimum atomic E-state index is -0.0274. The lowest BCUT2D eigenvalue weighted by Gasteiger charge is -2.22. The van der Waals surface area contributed by atoms with Crippen molar-refractivity contribution in [3.05, 3.63) is 90.0 Å². The van der Waals surface area contributed by atoms with Gasteiger partial charge in [-0.05, 0) is 47.9 Å². The summed E-state index contributed by atoms with van der Waals surface area (Å²) in [4.78, 5) is 29.6. The van der Waals surface area contributed by atoms with Crippen LogP contribution in [0, 0.1) is 0 Å². The number of carbonyl (C=O) groups is 2. The maximum Gasteiger partial charge on any atom is 0.254 e. The molecular weight excluding hydrogens is 388 g/mol. The first-order valence-corrected chi connectivity index (χ1v) is 10.5. The summed E-state index contributed by atoms with van der Waals surface area (Å²) in [5.74, 6) is 0.645. The summed E-state index contributed by atoms with van der Waals surface area (Å²) in [6.45, 7) is 2.31. The number of rotatable bonds is 4. The molecule has 0 saturated carbocycles. The van der Waals surface area contributed by atoms with Crippen LogP contribution in [-0.4, -0.2) is 54.9 Å². The van der Waals surface area contributed by atoms with E-state index in [1.54, 1.807) is 19.2 Å². The molecule has 0 radical (unpaired) electrons. The maximum absolute atomic E-state index is 13.0. The van der Waals surface area contributed by atoms with Gasteiger partial charge in [0, 0.05) is 37.3 Å². The van der Waals surface area contributed by atoms with Crippen molar-refractivity contribution in [1.29, 1.82) is 0 Å². The lowest BCUT2D eigenvalue weighted by molar-refractivity contribution is 0.0718. The number of amides is 2. The van der Waals surface area contributed by atoms with Gasteiger partial charge in [0.1, 0.15) is 5.75 Å². The van der Waals surface area contributed by atoms with E-state index in [2.05, 4.69) is 12.1 Å². The molecular formula is C26H26N2O3. The van der Waals surface area contributed by atoms with Crippen molar-refractivity contribution in [3.63, 3.8) is 0 Å². The molecule has 5 heteroatoms. The molecule has 2 amide bonds. The van der Waals surface area contributed by atoms with Crippen LogP contribution in [0.4, 0.5) is 0 Å². The second-order valence-electron chi connectivity index (χ2n) is 7.61. The number of hydrogen-bond acceptors (Lipinski definition) is 3. The Morgan fingerprint density at radius 2 is 1.29 bits per heavy atom. The Hall–Kier alpha value is -3.60. The van der Waals surface area contributed by atoms with E-state index < -0.39 is 0 Å². The largest absolute Gasteiger partial charge is 0.497 e. The Morgan fingerprint density at radius 3 is 1.94 bits per heavy atom. The Balaban J connectivity index is 1.41. The van der Waals surface area contributed by atoms with E-state index in [0.29, 0.717) is 43.1 Å². The third-order valence-electron chi connectivity index (χ3n) is 5.63. The van der Waals surface area contributed by atoms with E-state index in [0.717, 1.165) is 17.5 Å². The molecule has 0 aromatic heterocycles. The summed E-state index contributed by atoms with van der Waals surface area (Å²) in [6, 6.07) is 25.0. The minimum Gasteiger partial charge on any atom is -0.497 e. The van der Waals surface area contributed by atoms with Gasteiger partial charge in [0.2, 0.25) is 0 Å². The predicted octanol–water partition coefficient (Wildman–Crippen LogP) is 4.35. The Morgan fingerprint density at radius 1 is 0.677 bits per heavy atom. The van der Waals surface area contributed by atoms with E-state index in [1.165, 1.54) is 0 Å². The van der Waals surface area contributed by atoms with Gasteiger partial charge in [-0.2, -0.15) is 0 Å². The SMILES string of the molecule is COc1cccc(C(=O)N2CCCN(C(=O)c3ccc(-c4ccccc4)cc3)CC2)c1. The van der Waals surface area contributed by atoms with E-state index in [4.69, 9.17) is 4.74 Å². The number of hydrogen-bond donors (Lipinski definition) is 0. The van der Waals surface area contributed by atoms with Crippen molar-refractivity contribution in [2.24, 2.45) is 0 Å². The van der Waals surface area contributed by atoms with Crippen LogP contribution < -0.4 is 4.74 Å². The van der Waals surface area contributed by atoms with E-state index >= 15 is 0 Å². The summed E-state index contributed by atoms with van der Waals surface area (Å²) in [5.41, 5.74) is 3.49. The first-order chi connectivity index (χ1) is 15.2. The quantitative estimate of drug-likeness (QED) is 0.638. The Kier molecular flexibility index (Phi) is 6.32. The molecule has 1 saturated heterocycles. The van der Waals surface area contributed by atoms with Gasteiger partial charge in [0.15, 0.2) is 0 Å². The number of nitrogens with zero attached hydrogens (tertiary/aromatic N) is 2. The zero-order valence-electron chi connectivity index (χ0n) is 17.7. The Labute approximate surface area is 182 Å². The van der Waals surface area contributed by atoms with Crippen LogP contribution in [0.25, 0.3) is 11.1 Å². The van der Waals surface area contributed by atoms with Crippen molar-refractivity contribution >= 4 is 11.8 Å². The van der Waals surface area contributed by atoms with Crippen LogP contribution >= 0.6 is 0 Å². The molecule has 3 aromatic rings. The molecule has 5 nitrogen and oxygen atoms in total. The second-order valence-corrected chi connectivity index (χ2v) is 7.61. The molecule has 0 spiro atoms. The van der Waals surface area contributed by atoms with Gasteiger partial charge in [-0.25, -0.2) is 0 Å². The first-order valence-electron chi connectivity index (χ1n) is 10.5. The molecule has 0 bridgehead atoms. The predicted molar refractivity (Wildman–Crippen MR) is 121 cm³/mol. The molecule has 0 atom stereocenters. The van der Waals surface area contributed by atoms with Gasteiger partial charge in [-0.3, -0.25) is 9.59 Å². The highest BCUT2D eigenvalue weighted by Crippen LogP contribution is 2.21. The van der Waals surface area contributed by atoms with Crippen LogP contribution in [0.1, 0.15) is 27.1 Å². The molecule has 4 rings (SSSR count). The molecule has 3 aromatic carbocycles. The molecule has 0 N–H and O–H groups in total. The lowest BCUT2D eigenvalue weighted by atomic mass is 10.0. The smallest absolute Gasteiger partial charge is 0.254 e.